The van der Waals surface area contributed by atoms with Gasteiger partial charge < -0.3 is 9.72 Å². The number of fused-ring (bicyclic) bond motifs is 1. The van der Waals surface area contributed by atoms with Crippen molar-refractivity contribution in [2.24, 2.45) is 5.10 Å². The number of esters is 1. The van der Waals surface area contributed by atoms with Crippen LogP contribution >= 0.6 is 27.5 Å². The summed E-state index contributed by atoms with van der Waals surface area (Å²) < 4.78 is 20.3. The molecule has 0 saturated carbocycles. The Kier molecular flexibility index (Phi) is 7.35. The third-order valence-corrected chi connectivity index (χ3v) is 6.42. The molecule has 4 aromatic carbocycles. The summed E-state index contributed by atoms with van der Waals surface area (Å²) in [5, 5.41) is 5.17. The van der Waals surface area contributed by atoms with Gasteiger partial charge in [0.05, 0.1) is 11.8 Å². The average molecular weight is 591 g/mol. The van der Waals surface area contributed by atoms with Crippen LogP contribution < -0.4 is 10.2 Å². The number of amides is 1. The van der Waals surface area contributed by atoms with Crippen molar-refractivity contribution >= 4 is 56.5 Å². The molecule has 0 spiro atoms. The molecule has 2 N–H and O–H groups in total. The molecule has 1 amide bonds. The highest BCUT2D eigenvalue weighted by atomic mass is 79.9. The largest absolute Gasteiger partial charge is 0.422 e. The van der Waals surface area contributed by atoms with Crippen molar-refractivity contribution in [1.82, 2.24) is 10.4 Å². The lowest BCUT2D eigenvalue weighted by atomic mass is 10.0. The number of carbonyl (C=O) groups is 2. The molecule has 0 fully saturated rings. The van der Waals surface area contributed by atoms with Gasteiger partial charge in [0, 0.05) is 31.5 Å². The van der Waals surface area contributed by atoms with Crippen LogP contribution in [0.4, 0.5) is 4.39 Å². The van der Waals surface area contributed by atoms with Crippen LogP contribution in [0, 0.1) is 5.82 Å². The second-order valence-corrected chi connectivity index (χ2v) is 9.56. The number of halogens is 3. The smallest absolute Gasteiger partial charge is 0.343 e. The molecule has 0 saturated heterocycles. The van der Waals surface area contributed by atoms with Crippen molar-refractivity contribution in [3.63, 3.8) is 0 Å². The van der Waals surface area contributed by atoms with E-state index in [1.165, 1.54) is 18.3 Å². The molecule has 0 unspecified atom stereocenters. The normalized spacial score (nSPS) is 11.1. The van der Waals surface area contributed by atoms with E-state index in [1.807, 2.05) is 30.3 Å². The highest BCUT2D eigenvalue weighted by Gasteiger charge is 2.19. The topological polar surface area (TPSA) is 83.5 Å². The molecule has 1 heterocycles. The molecule has 0 radical (unpaired) electrons. The molecule has 5 aromatic rings. The van der Waals surface area contributed by atoms with Crippen LogP contribution in [0.3, 0.4) is 0 Å². The van der Waals surface area contributed by atoms with E-state index in [4.69, 9.17) is 16.3 Å². The van der Waals surface area contributed by atoms with E-state index < -0.39 is 17.7 Å². The molecule has 0 aliphatic heterocycles. The van der Waals surface area contributed by atoms with Crippen LogP contribution in [-0.4, -0.2) is 23.1 Å². The second kappa shape index (κ2) is 11.0. The Morgan fingerprint density at radius 1 is 0.974 bits per heavy atom. The third-order valence-electron chi connectivity index (χ3n) is 5.67. The number of nitrogens with zero attached hydrogens (tertiary/aromatic N) is 1. The van der Waals surface area contributed by atoms with Gasteiger partial charge in [-0.3, -0.25) is 4.79 Å². The molecular weight excluding hydrogens is 573 g/mol. The summed E-state index contributed by atoms with van der Waals surface area (Å²) in [6.45, 7) is 0. The van der Waals surface area contributed by atoms with Crippen LogP contribution in [0.5, 0.6) is 5.75 Å². The summed E-state index contributed by atoms with van der Waals surface area (Å²) in [4.78, 5) is 28.8. The fraction of sp³-hybridized carbons (Fsp3) is 0. The van der Waals surface area contributed by atoms with Gasteiger partial charge in [0.2, 0.25) is 0 Å². The Morgan fingerprint density at radius 3 is 2.50 bits per heavy atom. The summed E-state index contributed by atoms with van der Waals surface area (Å²) in [5.41, 5.74) is 5.45. The van der Waals surface area contributed by atoms with Gasteiger partial charge in [-0.1, -0.05) is 57.9 Å². The quantitative estimate of drug-likeness (QED) is 0.0937. The van der Waals surface area contributed by atoms with Gasteiger partial charge in [-0.15, -0.1) is 0 Å². The van der Waals surface area contributed by atoms with Gasteiger partial charge in [-0.2, -0.15) is 5.10 Å². The Hall–Kier alpha value is -4.27. The van der Waals surface area contributed by atoms with E-state index in [0.717, 1.165) is 10.0 Å². The molecule has 6 nitrogen and oxygen atoms in total. The minimum absolute atomic E-state index is 0.234. The first-order valence-electron chi connectivity index (χ1n) is 11.4. The predicted octanol–water partition coefficient (Wildman–Crippen LogP) is 7.37. The van der Waals surface area contributed by atoms with Crippen LogP contribution in [0.1, 0.15) is 26.4 Å². The number of ether oxygens (including phenoxy) is 1. The second-order valence-electron chi connectivity index (χ2n) is 8.21. The Bertz CT molecular complexity index is 1690. The molecule has 5 rings (SSSR count). The Balaban J connectivity index is 1.41. The lowest BCUT2D eigenvalue weighted by molar-refractivity contribution is 0.0734. The summed E-state index contributed by atoms with van der Waals surface area (Å²) in [5.74, 6) is -1.25. The SMILES string of the molecule is O=C(Oc1ccc(Br)cc1C=NNC(=O)c1[nH]c2ccc(F)cc2c1-c1ccccc1)c1ccc(Cl)cc1. The number of aromatic amines is 1. The van der Waals surface area contributed by atoms with Crippen molar-refractivity contribution in [1.29, 1.82) is 0 Å². The molecule has 0 aliphatic rings. The predicted molar refractivity (Wildman–Crippen MR) is 149 cm³/mol. The van der Waals surface area contributed by atoms with Crippen LogP contribution in [0.2, 0.25) is 5.02 Å². The van der Waals surface area contributed by atoms with Crippen molar-refractivity contribution in [2.45, 2.75) is 0 Å². The lowest BCUT2D eigenvalue weighted by Gasteiger charge is -2.08. The Labute approximate surface area is 230 Å². The summed E-state index contributed by atoms with van der Waals surface area (Å²) >= 11 is 9.29. The summed E-state index contributed by atoms with van der Waals surface area (Å²) in [6.07, 6.45) is 1.37. The van der Waals surface area contributed by atoms with Crippen LogP contribution in [0.15, 0.2) is 101 Å². The van der Waals surface area contributed by atoms with E-state index in [0.29, 0.717) is 32.6 Å². The van der Waals surface area contributed by atoms with E-state index in [2.05, 4.69) is 31.4 Å². The van der Waals surface area contributed by atoms with E-state index >= 15 is 0 Å². The minimum atomic E-state index is -0.569. The average Bonchev–Trinajstić information content (AvgIpc) is 3.29. The molecule has 1 aromatic heterocycles. The molecule has 188 valence electrons. The number of rotatable bonds is 6. The summed E-state index contributed by atoms with van der Waals surface area (Å²) in [7, 11) is 0. The van der Waals surface area contributed by atoms with Crippen molar-refractivity contribution < 1.29 is 18.7 Å². The van der Waals surface area contributed by atoms with E-state index in [-0.39, 0.29) is 11.4 Å². The first-order chi connectivity index (χ1) is 18.4. The molecular formula is C29H18BrClFN3O3. The highest BCUT2D eigenvalue weighted by molar-refractivity contribution is 9.10. The fourth-order valence-electron chi connectivity index (χ4n) is 3.91. The van der Waals surface area contributed by atoms with Gasteiger partial charge in [-0.05, 0) is 66.2 Å². The van der Waals surface area contributed by atoms with Gasteiger partial charge in [0.25, 0.3) is 5.91 Å². The monoisotopic (exact) mass is 589 g/mol. The number of benzene rings is 4. The highest BCUT2D eigenvalue weighted by Crippen LogP contribution is 2.33. The number of hydrogen-bond acceptors (Lipinski definition) is 4. The lowest BCUT2D eigenvalue weighted by Crippen LogP contribution is -2.19. The molecule has 0 aliphatic carbocycles. The maximum atomic E-state index is 14.0. The van der Waals surface area contributed by atoms with E-state index in [1.54, 1.807) is 48.5 Å². The number of nitrogens with one attached hydrogen (secondary N) is 2. The molecule has 38 heavy (non-hydrogen) atoms. The zero-order valence-corrected chi connectivity index (χ0v) is 21.9. The maximum Gasteiger partial charge on any atom is 0.343 e. The van der Waals surface area contributed by atoms with Gasteiger partial charge >= 0.3 is 5.97 Å². The van der Waals surface area contributed by atoms with Crippen LogP contribution in [-0.2, 0) is 0 Å². The van der Waals surface area contributed by atoms with Crippen molar-refractivity contribution in [3.05, 3.63) is 123 Å². The molecule has 0 bridgehead atoms. The fourth-order valence-corrected chi connectivity index (χ4v) is 4.42. The zero-order chi connectivity index (χ0) is 26.6. The van der Waals surface area contributed by atoms with Crippen molar-refractivity contribution in [2.75, 3.05) is 0 Å². The zero-order valence-electron chi connectivity index (χ0n) is 19.5. The third kappa shape index (κ3) is 5.51. The van der Waals surface area contributed by atoms with E-state index in [9.17, 15) is 14.0 Å². The van der Waals surface area contributed by atoms with Gasteiger partial charge in [0.15, 0.2) is 0 Å². The summed E-state index contributed by atoms with van der Waals surface area (Å²) in [6, 6.07) is 24.9. The number of hydrazone groups is 1. The number of carbonyl (C=O) groups excluding carboxylic acids is 2. The number of aromatic nitrogens is 1. The van der Waals surface area contributed by atoms with Crippen LogP contribution in [0.25, 0.3) is 22.0 Å². The first kappa shape index (κ1) is 25.4. The van der Waals surface area contributed by atoms with Crippen molar-refractivity contribution in [3.8, 4) is 16.9 Å². The standard InChI is InChI=1S/C29H18BrClFN3O3/c30-20-8-13-25(38-29(37)18-6-9-21(31)10-7-18)19(14-20)16-33-35-28(36)27-26(17-4-2-1-3-5-17)23-15-22(32)11-12-24(23)34-27/h1-16,34H,(H,35,36). The maximum absolute atomic E-state index is 14.0. The minimum Gasteiger partial charge on any atom is -0.422 e. The molecule has 0 atom stereocenters. The van der Waals surface area contributed by atoms with Gasteiger partial charge in [0.1, 0.15) is 17.3 Å². The number of H-pyrrole nitrogens is 1. The first-order valence-corrected chi connectivity index (χ1v) is 12.5. The Morgan fingerprint density at radius 2 is 1.74 bits per heavy atom. The van der Waals surface area contributed by atoms with Gasteiger partial charge in [-0.25, -0.2) is 14.6 Å². The molecule has 9 heteroatoms. The number of hydrogen-bond donors (Lipinski definition) is 2.